The van der Waals surface area contributed by atoms with E-state index < -0.39 is 0 Å². The van der Waals surface area contributed by atoms with E-state index in [0.717, 1.165) is 12.8 Å². The number of carbonyl (C=O) groups is 1. The molecule has 0 spiro atoms. The van der Waals surface area contributed by atoms with E-state index in [9.17, 15) is 4.79 Å². The molecule has 2 aromatic heterocycles. The quantitative estimate of drug-likeness (QED) is 0.938. The van der Waals surface area contributed by atoms with Crippen molar-refractivity contribution in [3.05, 3.63) is 46.5 Å². The number of rotatable bonds is 3. The summed E-state index contributed by atoms with van der Waals surface area (Å²) in [6, 6.07) is 7.47. The molecular formula is C14H15NO3S. The fraction of sp³-hybridized carbons (Fsp3) is 0.357. The standard InChI is InChI=1S/C14H15NO3S/c16-13(11-3-1-7-18-11)15-14(5-8-17-9-6-14)12-4-2-10-19-12/h1-4,7,10H,5-6,8-9H2,(H,15,16). The van der Waals surface area contributed by atoms with Crippen LogP contribution in [0, 0.1) is 0 Å². The van der Waals surface area contributed by atoms with Crippen molar-refractivity contribution in [2.45, 2.75) is 18.4 Å². The van der Waals surface area contributed by atoms with Gasteiger partial charge >= 0.3 is 0 Å². The molecule has 0 aliphatic carbocycles. The highest BCUT2D eigenvalue weighted by Gasteiger charge is 2.37. The largest absolute Gasteiger partial charge is 0.459 e. The minimum Gasteiger partial charge on any atom is -0.459 e. The van der Waals surface area contributed by atoms with E-state index in [2.05, 4.69) is 11.4 Å². The zero-order valence-electron chi connectivity index (χ0n) is 10.4. The first-order valence-corrected chi connectivity index (χ1v) is 7.16. The Morgan fingerprint density at radius 1 is 1.26 bits per heavy atom. The number of hydrogen-bond acceptors (Lipinski definition) is 4. The molecule has 1 fully saturated rings. The van der Waals surface area contributed by atoms with Crippen molar-refractivity contribution in [1.29, 1.82) is 0 Å². The maximum atomic E-state index is 12.2. The molecule has 1 amide bonds. The van der Waals surface area contributed by atoms with Crippen molar-refractivity contribution < 1.29 is 13.9 Å². The normalized spacial score (nSPS) is 18.1. The number of amides is 1. The molecule has 5 heteroatoms. The summed E-state index contributed by atoms with van der Waals surface area (Å²) in [5.41, 5.74) is -0.323. The van der Waals surface area contributed by atoms with Gasteiger partial charge in [0.2, 0.25) is 0 Å². The second-order valence-corrected chi connectivity index (χ2v) is 5.55. The smallest absolute Gasteiger partial charge is 0.287 e. The molecule has 1 N–H and O–H groups in total. The molecule has 1 aliphatic heterocycles. The Morgan fingerprint density at radius 2 is 2.11 bits per heavy atom. The summed E-state index contributed by atoms with van der Waals surface area (Å²) in [7, 11) is 0. The monoisotopic (exact) mass is 277 g/mol. The van der Waals surface area contributed by atoms with Crippen LogP contribution in [-0.2, 0) is 10.3 Å². The van der Waals surface area contributed by atoms with Crippen molar-refractivity contribution in [2.75, 3.05) is 13.2 Å². The lowest BCUT2D eigenvalue weighted by molar-refractivity contribution is 0.0350. The summed E-state index contributed by atoms with van der Waals surface area (Å²) in [6.07, 6.45) is 3.09. The number of furan rings is 1. The predicted octanol–water partition coefficient (Wildman–Crippen LogP) is 2.78. The average molecular weight is 277 g/mol. The van der Waals surface area contributed by atoms with Crippen molar-refractivity contribution in [1.82, 2.24) is 5.32 Å². The van der Waals surface area contributed by atoms with Crippen molar-refractivity contribution in [3.63, 3.8) is 0 Å². The Bertz CT molecular complexity index is 527. The molecule has 1 saturated heterocycles. The van der Waals surface area contributed by atoms with E-state index in [-0.39, 0.29) is 11.4 Å². The first-order chi connectivity index (χ1) is 9.30. The van der Waals surface area contributed by atoms with Gasteiger partial charge < -0.3 is 14.5 Å². The molecular weight excluding hydrogens is 262 g/mol. The van der Waals surface area contributed by atoms with Gasteiger partial charge in [-0.2, -0.15) is 0 Å². The third-order valence-corrected chi connectivity index (χ3v) is 4.51. The maximum absolute atomic E-state index is 12.2. The molecule has 0 bridgehead atoms. The van der Waals surface area contributed by atoms with Crippen LogP contribution < -0.4 is 5.32 Å². The minimum absolute atomic E-state index is 0.166. The van der Waals surface area contributed by atoms with Gasteiger partial charge in [0.15, 0.2) is 5.76 Å². The molecule has 0 unspecified atom stereocenters. The van der Waals surface area contributed by atoms with E-state index in [1.165, 1.54) is 11.1 Å². The van der Waals surface area contributed by atoms with Crippen LogP contribution >= 0.6 is 11.3 Å². The molecule has 0 saturated carbocycles. The number of carbonyl (C=O) groups excluding carboxylic acids is 1. The summed E-state index contributed by atoms with van der Waals surface area (Å²) in [5, 5.41) is 5.17. The van der Waals surface area contributed by atoms with Gasteiger partial charge in [-0.3, -0.25) is 4.79 Å². The van der Waals surface area contributed by atoms with Crippen LogP contribution in [0.3, 0.4) is 0 Å². The van der Waals surface area contributed by atoms with Gasteiger partial charge in [0.1, 0.15) is 0 Å². The van der Waals surface area contributed by atoms with Gasteiger partial charge in [-0.1, -0.05) is 6.07 Å². The highest BCUT2D eigenvalue weighted by molar-refractivity contribution is 7.10. The lowest BCUT2D eigenvalue weighted by Crippen LogP contribution is -2.48. The molecule has 19 heavy (non-hydrogen) atoms. The van der Waals surface area contributed by atoms with E-state index in [1.807, 2.05) is 11.4 Å². The summed E-state index contributed by atoms with van der Waals surface area (Å²) < 4.78 is 10.6. The van der Waals surface area contributed by atoms with E-state index in [0.29, 0.717) is 19.0 Å². The van der Waals surface area contributed by atoms with Crippen molar-refractivity contribution in [3.8, 4) is 0 Å². The lowest BCUT2D eigenvalue weighted by atomic mass is 9.88. The molecule has 2 aromatic rings. The van der Waals surface area contributed by atoms with Crippen molar-refractivity contribution >= 4 is 17.2 Å². The minimum atomic E-state index is -0.323. The molecule has 1 aliphatic rings. The number of nitrogens with one attached hydrogen (secondary N) is 1. The second-order valence-electron chi connectivity index (χ2n) is 4.60. The third kappa shape index (κ3) is 2.43. The fourth-order valence-electron chi connectivity index (χ4n) is 2.39. The molecule has 100 valence electrons. The number of hydrogen-bond donors (Lipinski definition) is 1. The average Bonchev–Trinajstić information content (AvgIpc) is 3.13. The topological polar surface area (TPSA) is 51.5 Å². The van der Waals surface area contributed by atoms with Gasteiger partial charge in [0.25, 0.3) is 5.91 Å². The van der Waals surface area contributed by atoms with E-state index in [4.69, 9.17) is 9.15 Å². The second kappa shape index (κ2) is 5.19. The van der Waals surface area contributed by atoms with Gasteiger partial charge in [-0.15, -0.1) is 11.3 Å². The van der Waals surface area contributed by atoms with Crippen LogP contribution in [0.1, 0.15) is 28.3 Å². The Labute approximate surface area is 115 Å². The van der Waals surface area contributed by atoms with Crippen LogP contribution in [-0.4, -0.2) is 19.1 Å². The molecule has 0 aromatic carbocycles. The zero-order chi connectivity index (χ0) is 13.1. The number of thiophene rings is 1. The SMILES string of the molecule is O=C(NC1(c2cccs2)CCOCC1)c1ccco1. The highest BCUT2D eigenvalue weighted by atomic mass is 32.1. The summed E-state index contributed by atoms with van der Waals surface area (Å²) in [4.78, 5) is 13.4. The maximum Gasteiger partial charge on any atom is 0.287 e. The Morgan fingerprint density at radius 3 is 2.74 bits per heavy atom. The summed E-state index contributed by atoms with van der Waals surface area (Å²) in [6.45, 7) is 1.33. The lowest BCUT2D eigenvalue weighted by Gasteiger charge is -2.37. The molecule has 0 radical (unpaired) electrons. The van der Waals surface area contributed by atoms with Gasteiger partial charge in [-0.05, 0) is 36.4 Å². The van der Waals surface area contributed by atoms with Crippen LogP contribution in [0.25, 0.3) is 0 Å². The summed E-state index contributed by atoms with van der Waals surface area (Å²) in [5.74, 6) is 0.183. The van der Waals surface area contributed by atoms with Gasteiger partial charge in [-0.25, -0.2) is 0 Å². The van der Waals surface area contributed by atoms with E-state index in [1.54, 1.807) is 23.5 Å². The van der Waals surface area contributed by atoms with Gasteiger partial charge in [0, 0.05) is 18.1 Å². The molecule has 0 atom stereocenters. The van der Waals surface area contributed by atoms with Crippen LogP contribution in [0.15, 0.2) is 40.3 Å². The number of ether oxygens (including phenoxy) is 1. The zero-order valence-corrected chi connectivity index (χ0v) is 11.2. The predicted molar refractivity (Wildman–Crippen MR) is 72.2 cm³/mol. The molecule has 3 heterocycles. The van der Waals surface area contributed by atoms with E-state index >= 15 is 0 Å². The van der Waals surface area contributed by atoms with Crippen molar-refractivity contribution in [2.24, 2.45) is 0 Å². The third-order valence-electron chi connectivity index (χ3n) is 3.44. The van der Waals surface area contributed by atoms with Crippen LogP contribution in [0.2, 0.25) is 0 Å². The first-order valence-electron chi connectivity index (χ1n) is 6.28. The Hall–Kier alpha value is -1.59. The van der Waals surface area contributed by atoms with Crippen LogP contribution in [0.4, 0.5) is 0 Å². The Kier molecular flexibility index (Phi) is 3.40. The molecule has 3 rings (SSSR count). The fourth-order valence-corrected chi connectivity index (χ4v) is 3.33. The first kappa shape index (κ1) is 12.4. The molecule has 4 nitrogen and oxygen atoms in total. The summed E-state index contributed by atoms with van der Waals surface area (Å²) >= 11 is 1.67. The Balaban J connectivity index is 1.86. The highest BCUT2D eigenvalue weighted by Crippen LogP contribution is 2.35. The van der Waals surface area contributed by atoms with Crippen LogP contribution in [0.5, 0.6) is 0 Å². The van der Waals surface area contributed by atoms with Gasteiger partial charge in [0.05, 0.1) is 11.8 Å².